The first-order chi connectivity index (χ1) is 8.47. The topological polar surface area (TPSA) is 82.2 Å². The molecule has 0 spiro atoms. The van der Waals surface area contributed by atoms with E-state index in [-0.39, 0.29) is 11.4 Å². The van der Waals surface area contributed by atoms with Crippen LogP contribution in [0.15, 0.2) is 0 Å². The summed E-state index contributed by atoms with van der Waals surface area (Å²) in [5, 5.41) is 7.23. The Kier molecular flexibility index (Phi) is 3.30. The fourth-order valence-corrected chi connectivity index (χ4v) is 2.23. The molecule has 18 heavy (non-hydrogen) atoms. The van der Waals surface area contributed by atoms with Crippen molar-refractivity contribution in [3.05, 3.63) is 11.4 Å². The van der Waals surface area contributed by atoms with Crippen molar-refractivity contribution in [1.82, 2.24) is 15.1 Å². The number of hydrogen-bond donors (Lipinski definition) is 2. The van der Waals surface area contributed by atoms with Crippen molar-refractivity contribution in [2.24, 2.45) is 7.05 Å². The van der Waals surface area contributed by atoms with Gasteiger partial charge in [0.25, 0.3) is 5.91 Å². The number of ether oxygens (including phenoxy) is 1. The third-order valence-corrected chi connectivity index (χ3v) is 3.34. The Morgan fingerprint density at radius 3 is 2.89 bits per heavy atom. The van der Waals surface area contributed by atoms with Gasteiger partial charge in [-0.2, -0.15) is 5.10 Å². The molecule has 1 saturated heterocycles. The van der Waals surface area contributed by atoms with Crippen LogP contribution in [-0.4, -0.2) is 34.4 Å². The lowest BCUT2D eigenvalue weighted by molar-refractivity contribution is 0.0881. The number of aromatic nitrogens is 2. The molecule has 0 aromatic carbocycles. The highest BCUT2D eigenvalue weighted by Gasteiger charge is 2.33. The van der Waals surface area contributed by atoms with Gasteiger partial charge in [-0.05, 0) is 19.8 Å². The van der Waals surface area contributed by atoms with E-state index in [4.69, 9.17) is 10.5 Å². The van der Waals surface area contributed by atoms with Crippen molar-refractivity contribution in [3.8, 4) is 0 Å². The molecule has 1 unspecified atom stereocenters. The zero-order valence-electron chi connectivity index (χ0n) is 11.1. The van der Waals surface area contributed by atoms with Crippen LogP contribution in [0.1, 0.15) is 36.5 Å². The monoisotopic (exact) mass is 252 g/mol. The van der Waals surface area contributed by atoms with Crippen molar-refractivity contribution in [2.75, 3.05) is 18.9 Å². The van der Waals surface area contributed by atoms with E-state index < -0.39 is 0 Å². The van der Waals surface area contributed by atoms with Crippen molar-refractivity contribution in [2.45, 2.75) is 32.2 Å². The summed E-state index contributed by atoms with van der Waals surface area (Å²) in [6.07, 6.45) is 1.53. The number of nitrogens with two attached hydrogens (primary N) is 1. The number of hydrogen-bond acceptors (Lipinski definition) is 4. The van der Waals surface area contributed by atoms with Crippen molar-refractivity contribution in [3.63, 3.8) is 0 Å². The van der Waals surface area contributed by atoms with Gasteiger partial charge in [0.05, 0.1) is 23.5 Å². The molecule has 6 nitrogen and oxygen atoms in total. The van der Waals surface area contributed by atoms with E-state index in [1.54, 1.807) is 11.7 Å². The number of rotatable bonds is 3. The second-order valence-corrected chi connectivity index (χ2v) is 5.00. The summed E-state index contributed by atoms with van der Waals surface area (Å²) in [6.45, 7) is 5.16. The number of nitrogen functional groups attached to an aromatic ring is 1. The van der Waals surface area contributed by atoms with Crippen LogP contribution in [0, 0.1) is 0 Å². The minimum atomic E-state index is -0.305. The van der Waals surface area contributed by atoms with E-state index in [0.717, 1.165) is 12.1 Å². The standard InChI is InChI=1S/C12H20N4O2/c1-4-8-9(13)10(16(3)15-8)11(17)14-12(2)5-6-18-7-12/h4-7,13H2,1-3H3,(H,14,17). The molecule has 0 aliphatic carbocycles. The quantitative estimate of drug-likeness (QED) is 0.819. The molecule has 1 aromatic heterocycles. The highest BCUT2D eigenvalue weighted by atomic mass is 16.5. The smallest absolute Gasteiger partial charge is 0.272 e. The molecule has 0 bridgehead atoms. The van der Waals surface area contributed by atoms with E-state index in [2.05, 4.69) is 10.4 Å². The molecule has 0 saturated carbocycles. The largest absolute Gasteiger partial charge is 0.395 e. The SMILES string of the molecule is CCc1nn(C)c(C(=O)NC2(C)CCOC2)c1N. The van der Waals surface area contributed by atoms with Crippen LogP contribution in [-0.2, 0) is 18.2 Å². The second-order valence-electron chi connectivity index (χ2n) is 5.00. The first-order valence-electron chi connectivity index (χ1n) is 6.18. The van der Waals surface area contributed by atoms with Crippen LogP contribution < -0.4 is 11.1 Å². The minimum Gasteiger partial charge on any atom is -0.395 e. The molecule has 6 heteroatoms. The van der Waals surface area contributed by atoms with Gasteiger partial charge in [0.1, 0.15) is 5.69 Å². The fraction of sp³-hybridized carbons (Fsp3) is 0.667. The molecule has 3 N–H and O–H groups in total. The Morgan fingerprint density at radius 1 is 1.67 bits per heavy atom. The number of amides is 1. The van der Waals surface area contributed by atoms with Crippen LogP contribution in [0.5, 0.6) is 0 Å². The molecular weight excluding hydrogens is 232 g/mol. The predicted octanol–water partition coefficient (Wildman–Crippen LogP) is 0.473. The lowest BCUT2D eigenvalue weighted by atomic mass is 10.0. The number of carbonyl (C=O) groups excluding carboxylic acids is 1. The summed E-state index contributed by atoms with van der Waals surface area (Å²) in [5.74, 6) is -0.185. The number of aryl methyl sites for hydroxylation is 2. The predicted molar refractivity (Wildman–Crippen MR) is 68.3 cm³/mol. The lowest BCUT2D eigenvalue weighted by Gasteiger charge is -2.23. The number of nitrogens with zero attached hydrogens (tertiary/aromatic N) is 2. The van der Waals surface area contributed by atoms with E-state index in [0.29, 0.717) is 31.0 Å². The van der Waals surface area contributed by atoms with Crippen LogP contribution in [0.25, 0.3) is 0 Å². The summed E-state index contributed by atoms with van der Waals surface area (Å²) in [7, 11) is 1.73. The molecule has 1 fully saturated rings. The first-order valence-corrected chi connectivity index (χ1v) is 6.18. The summed E-state index contributed by atoms with van der Waals surface area (Å²) in [6, 6.07) is 0. The van der Waals surface area contributed by atoms with E-state index in [9.17, 15) is 4.79 Å². The molecule has 0 radical (unpaired) electrons. The minimum absolute atomic E-state index is 0.185. The maximum Gasteiger partial charge on any atom is 0.272 e. The van der Waals surface area contributed by atoms with Crippen LogP contribution >= 0.6 is 0 Å². The zero-order valence-corrected chi connectivity index (χ0v) is 11.1. The molecule has 1 aliphatic heterocycles. The van der Waals surface area contributed by atoms with Crippen LogP contribution in [0.4, 0.5) is 5.69 Å². The third-order valence-electron chi connectivity index (χ3n) is 3.34. The maximum atomic E-state index is 12.3. The lowest BCUT2D eigenvalue weighted by Crippen LogP contribution is -2.47. The molecule has 1 amide bonds. The number of anilines is 1. The van der Waals surface area contributed by atoms with Crippen molar-refractivity contribution < 1.29 is 9.53 Å². The third kappa shape index (κ3) is 2.20. The van der Waals surface area contributed by atoms with Gasteiger partial charge in [0.2, 0.25) is 0 Å². The molecule has 1 atom stereocenters. The molecule has 1 aliphatic rings. The second kappa shape index (κ2) is 4.61. The summed E-state index contributed by atoms with van der Waals surface area (Å²) < 4.78 is 6.86. The van der Waals surface area contributed by atoms with Crippen molar-refractivity contribution >= 4 is 11.6 Å². The van der Waals surface area contributed by atoms with E-state index in [1.165, 1.54) is 0 Å². The average molecular weight is 252 g/mol. The van der Waals surface area contributed by atoms with Gasteiger partial charge in [-0.3, -0.25) is 9.48 Å². The van der Waals surface area contributed by atoms with E-state index in [1.807, 2.05) is 13.8 Å². The van der Waals surface area contributed by atoms with Gasteiger partial charge < -0.3 is 15.8 Å². The summed E-state index contributed by atoms with van der Waals surface area (Å²) in [5.41, 5.74) is 7.31. The zero-order chi connectivity index (χ0) is 13.3. The molecular formula is C12H20N4O2. The number of nitrogens with one attached hydrogen (secondary N) is 1. The van der Waals surface area contributed by atoms with Crippen LogP contribution in [0.3, 0.4) is 0 Å². The Labute approximate surface area is 106 Å². The molecule has 2 rings (SSSR count). The Balaban J connectivity index is 2.21. The highest BCUT2D eigenvalue weighted by molar-refractivity contribution is 5.98. The van der Waals surface area contributed by atoms with Gasteiger partial charge in [-0.1, -0.05) is 6.92 Å². The van der Waals surface area contributed by atoms with Crippen molar-refractivity contribution in [1.29, 1.82) is 0 Å². The normalized spacial score (nSPS) is 23.3. The maximum absolute atomic E-state index is 12.3. The van der Waals surface area contributed by atoms with E-state index >= 15 is 0 Å². The molecule has 1 aromatic rings. The fourth-order valence-electron chi connectivity index (χ4n) is 2.23. The Hall–Kier alpha value is -1.56. The van der Waals surface area contributed by atoms with Gasteiger partial charge in [0, 0.05) is 13.7 Å². The van der Waals surface area contributed by atoms with Gasteiger partial charge in [-0.15, -0.1) is 0 Å². The molecule has 2 heterocycles. The van der Waals surface area contributed by atoms with Gasteiger partial charge in [0.15, 0.2) is 0 Å². The van der Waals surface area contributed by atoms with Gasteiger partial charge in [-0.25, -0.2) is 0 Å². The first kappa shape index (κ1) is 12.9. The average Bonchev–Trinajstić information content (AvgIpc) is 2.83. The number of carbonyl (C=O) groups is 1. The summed E-state index contributed by atoms with van der Waals surface area (Å²) >= 11 is 0. The van der Waals surface area contributed by atoms with Gasteiger partial charge >= 0.3 is 0 Å². The highest BCUT2D eigenvalue weighted by Crippen LogP contribution is 2.21. The summed E-state index contributed by atoms with van der Waals surface area (Å²) in [4.78, 5) is 12.3. The Bertz CT molecular complexity index is 461. The Morgan fingerprint density at radius 2 is 2.39 bits per heavy atom. The van der Waals surface area contributed by atoms with Crippen LogP contribution in [0.2, 0.25) is 0 Å². The molecule has 100 valence electrons.